The van der Waals surface area contributed by atoms with Gasteiger partial charge in [0, 0.05) is 23.2 Å². The number of aromatic amines is 1. The predicted molar refractivity (Wildman–Crippen MR) is 109 cm³/mol. The summed E-state index contributed by atoms with van der Waals surface area (Å²) in [5, 5.41) is 10.2. The zero-order valence-electron chi connectivity index (χ0n) is 14.7. The largest absolute Gasteiger partial charge is 0.482 e. The van der Waals surface area contributed by atoms with Gasteiger partial charge in [-0.15, -0.1) is 0 Å². The summed E-state index contributed by atoms with van der Waals surface area (Å²) in [6.07, 6.45) is 5.33. The fraction of sp³-hybridized carbons (Fsp3) is 0.250. The number of H-pyrrole nitrogens is 1. The molecule has 0 aliphatic carbocycles. The summed E-state index contributed by atoms with van der Waals surface area (Å²) in [6.45, 7) is 1.74. The SMILES string of the molecule is CCCCc1c[nH]c2ccc(Oc3c(Cl)cc(OCC(=O)O)cc3Br)cc12. The van der Waals surface area contributed by atoms with Crippen molar-refractivity contribution in [1.29, 1.82) is 0 Å². The maximum atomic E-state index is 10.6. The van der Waals surface area contributed by atoms with Crippen molar-refractivity contribution in [1.82, 2.24) is 4.98 Å². The highest BCUT2D eigenvalue weighted by Crippen LogP contribution is 2.40. The van der Waals surface area contributed by atoms with Gasteiger partial charge in [0.25, 0.3) is 0 Å². The van der Waals surface area contributed by atoms with Gasteiger partial charge in [0.05, 0.1) is 9.50 Å². The van der Waals surface area contributed by atoms with Crippen molar-refractivity contribution in [3.63, 3.8) is 0 Å². The molecule has 142 valence electrons. The second-order valence-corrected chi connectivity index (χ2v) is 7.39. The number of nitrogens with one attached hydrogen (secondary N) is 1. The number of carbonyl (C=O) groups is 1. The summed E-state index contributed by atoms with van der Waals surface area (Å²) in [7, 11) is 0. The van der Waals surface area contributed by atoms with Crippen molar-refractivity contribution in [2.75, 3.05) is 6.61 Å². The van der Waals surface area contributed by atoms with Gasteiger partial charge in [-0.1, -0.05) is 24.9 Å². The van der Waals surface area contributed by atoms with E-state index in [1.165, 1.54) is 11.6 Å². The van der Waals surface area contributed by atoms with E-state index >= 15 is 0 Å². The average Bonchev–Trinajstić information content (AvgIpc) is 3.03. The molecule has 3 rings (SSSR count). The van der Waals surface area contributed by atoms with E-state index in [0.29, 0.717) is 26.7 Å². The Kier molecular flexibility index (Phi) is 6.29. The lowest BCUT2D eigenvalue weighted by atomic mass is 10.1. The first-order valence-electron chi connectivity index (χ1n) is 8.59. The highest BCUT2D eigenvalue weighted by atomic mass is 79.9. The summed E-state index contributed by atoms with van der Waals surface area (Å²) in [6, 6.07) is 9.01. The lowest BCUT2D eigenvalue weighted by Crippen LogP contribution is -2.09. The molecule has 7 heteroatoms. The van der Waals surface area contributed by atoms with Crippen LogP contribution in [0.15, 0.2) is 41.0 Å². The number of hydrogen-bond acceptors (Lipinski definition) is 3. The van der Waals surface area contributed by atoms with Crippen molar-refractivity contribution in [2.24, 2.45) is 0 Å². The van der Waals surface area contributed by atoms with Crippen LogP contribution in [0.3, 0.4) is 0 Å². The zero-order valence-corrected chi connectivity index (χ0v) is 17.1. The first-order chi connectivity index (χ1) is 13.0. The highest BCUT2D eigenvalue weighted by Gasteiger charge is 2.13. The van der Waals surface area contributed by atoms with E-state index < -0.39 is 12.6 Å². The molecule has 1 aromatic heterocycles. The molecular formula is C20H19BrClNO4. The molecule has 0 radical (unpaired) electrons. The van der Waals surface area contributed by atoms with Crippen LogP contribution in [-0.2, 0) is 11.2 Å². The number of halogens is 2. The minimum Gasteiger partial charge on any atom is -0.482 e. The van der Waals surface area contributed by atoms with E-state index in [0.717, 1.165) is 30.2 Å². The Hall–Kier alpha value is -2.18. The molecule has 0 saturated heterocycles. The van der Waals surface area contributed by atoms with Crippen LogP contribution >= 0.6 is 27.5 Å². The van der Waals surface area contributed by atoms with Gasteiger partial charge in [0.2, 0.25) is 0 Å². The molecule has 0 saturated carbocycles. The van der Waals surface area contributed by atoms with E-state index in [1.54, 1.807) is 6.07 Å². The van der Waals surface area contributed by atoms with Gasteiger partial charge in [-0.05, 0) is 58.6 Å². The van der Waals surface area contributed by atoms with Gasteiger partial charge in [-0.3, -0.25) is 0 Å². The van der Waals surface area contributed by atoms with E-state index in [-0.39, 0.29) is 0 Å². The number of carboxylic acid groups (broad SMARTS) is 1. The number of carboxylic acids is 1. The van der Waals surface area contributed by atoms with Crippen LogP contribution in [-0.4, -0.2) is 22.7 Å². The second-order valence-electron chi connectivity index (χ2n) is 6.13. The topological polar surface area (TPSA) is 71.5 Å². The van der Waals surface area contributed by atoms with Crippen LogP contribution in [0.25, 0.3) is 10.9 Å². The average molecular weight is 453 g/mol. The molecule has 0 unspecified atom stereocenters. The maximum Gasteiger partial charge on any atom is 0.341 e. The van der Waals surface area contributed by atoms with Crippen molar-refractivity contribution in [3.8, 4) is 17.2 Å². The molecule has 2 aromatic carbocycles. The number of ether oxygens (including phenoxy) is 2. The van der Waals surface area contributed by atoms with Gasteiger partial charge >= 0.3 is 5.97 Å². The molecule has 2 N–H and O–H groups in total. The Morgan fingerprint density at radius 1 is 1.26 bits per heavy atom. The van der Waals surface area contributed by atoms with E-state index in [1.807, 2.05) is 24.4 Å². The third-order valence-corrected chi connectivity index (χ3v) is 4.96. The quantitative estimate of drug-likeness (QED) is 0.428. The number of benzene rings is 2. The smallest absolute Gasteiger partial charge is 0.341 e. The number of hydrogen-bond donors (Lipinski definition) is 2. The molecule has 0 spiro atoms. The standard InChI is InChI=1S/C20H19BrClNO4/c1-2-3-4-12-10-23-18-6-5-13(7-15(12)18)27-20-16(21)8-14(9-17(20)22)26-11-19(24)25/h5-10,23H,2-4,11H2,1H3,(H,24,25). The second kappa shape index (κ2) is 8.67. The maximum absolute atomic E-state index is 10.6. The Balaban J connectivity index is 1.85. The minimum atomic E-state index is -1.05. The molecule has 0 aliphatic heterocycles. The first kappa shape index (κ1) is 19.6. The monoisotopic (exact) mass is 451 g/mol. The molecule has 0 amide bonds. The summed E-state index contributed by atoms with van der Waals surface area (Å²) in [5.41, 5.74) is 2.33. The summed E-state index contributed by atoms with van der Waals surface area (Å²) < 4.78 is 11.7. The molecule has 0 atom stereocenters. The van der Waals surface area contributed by atoms with E-state index in [2.05, 4.69) is 27.8 Å². The lowest BCUT2D eigenvalue weighted by Gasteiger charge is -2.12. The predicted octanol–water partition coefficient (Wildman–Crippen LogP) is 6.18. The van der Waals surface area contributed by atoms with Gasteiger partial charge < -0.3 is 19.6 Å². The number of aliphatic carboxylic acids is 1. The van der Waals surface area contributed by atoms with Crippen LogP contribution in [0.2, 0.25) is 5.02 Å². The Labute approximate surface area is 170 Å². The van der Waals surface area contributed by atoms with Gasteiger partial charge in [-0.25, -0.2) is 4.79 Å². The molecular weight excluding hydrogens is 434 g/mol. The van der Waals surface area contributed by atoms with Crippen LogP contribution in [0.1, 0.15) is 25.3 Å². The Morgan fingerprint density at radius 2 is 2.07 bits per heavy atom. The minimum absolute atomic E-state index is 0.324. The normalized spacial score (nSPS) is 10.9. The van der Waals surface area contributed by atoms with Gasteiger partial charge in [0.1, 0.15) is 11.5 Å². The first-order valence-corrected chi connectivity index (χ1v) is 9.76. The Morgan fingerprint density at radius 3 is 2.78 bits per heavy atom. The van der Waals surface area contributed by atoms with E-state index in [9.17, 15) is 4.79 Å². The molecule has 0 bridgehead atoms. The summed E-state index contributed by atoms with van der Waals surface area (Å²) in [5.74, 6) is 0.414. The molecule has 27 heavy (non-hydrogen) atoms. The lowest BCUT2D eigenvalue weighted by molar-refractivity contribution is -0.139. The van der Waals surface area contributed by atoms with Crippen molar-refractivity contribution in [2.45, 2.75) is 26.2 Å². The fourth-order valence-electron chi connectivity index (χ4n) is 2.78. The zero-order chi connectivity index (χ0) is 19.4. The number of aromatic nitrogens is 1. The molecule has 0 aliphatic rings. The van der Waals surface area contributed by atoms with Gasteiger partial charge in [0.15, 0.2) is 12.4 Å². The number of aryl methyl sites for hydroxylation is 1. The summed E-state index contributed by atoms with van der Waals surface area (Å²) >= 11 is 9.72. The van der Waals surface area contributed by atoms with Crippen LogP contribution in [0.5, 0.6) is 17.2 Å². The third kappa shape index (κ3) is 4.76. The van der Waals surface area contributed by atoms with Crippen LogP contribution in [0.4, 0.5) is 0 Å². The number of rotatable bonds is 8. The van der Waals surface area contributed by atoms with Gasteiger partial charge in [-0.2, -0.15) is 0 Å². The third-order valence-electron chi connectivity index (χ3n) is 4.09. The molecule has 1 heterocycles. The molecule has 5 nitrogen and oxygen atoms in total. The van der Waals surface area contributed by atoms with Crippen LogP contribution in [0, 0.1) is 0 Å². The van der Waals surface area contributed by atoms with Crippen LogP contribution < -0.4 is 9.47 Å². The van der Waals surface area contributed by atoms with E-state index in [4.69, 9.17) is 26.2 Å². The Bertz CT molecular complexity index is 947. The molecule has 0 fully saturated rings. The summed E-state index contributed by atoms with van der Waals surface area (Å²) in [4.78, 5) is 13.9. The number of fused-ring (bicyclic) bond motifs is 1. The van der Waals surface area contributed by atoms with Crippen molar-refractivity contribution < 1.29 is 19.4 Å². The highest BCUT2D eigenvalue weighted by molar-refractivity contribution is 9.10. The number of unbranched alkanes of at least 4 members (excludes halogenated alkanes) is 1. The van der Waals surface area contributed by atoms with Crippen molar-refractivity contribution >= 4 is 44.4 Å². The fourth-order valence-corrected chi connectivity index (χ4v) is 3.66. The molecule has 3 aromatic rings. The van der Waals surface area contributed by atoms with Crippen molar-refractivity contribution in [3.05, 3.63) is 51.6 Å².